The van der Waals surface area contributed by atoms with Gasteiger partial charge in [0.05, 0.1) is 6.54 Å². The summed E-state index contributed by atoms with van der Waals surface area (Å²) in [4.78, 5) is 16.3. The van der Waals surface area contributed by atoms with Crippen LogP contribution in [0.15, 0.2) is 78.0 Å². The highest BCUT2D eigenvalue weighted by Crippen LogP contribution is 2.10. The third-order valence-corrected chi connectivity index (χ3v) is 4.66. The van der Waals surface area contributed by atoms with Gasteiger partial charge in [-0.15, -0.1) is 24.0 Å². The van der Waals surface area contributed by atoms with E-state index in [-0.39, 0.29) is 29.9 Å². The van der Waals surface area contributed by atoms with E-state index in [1.54, 1.807) is 13.2 Å². The molecule has 3 N–H and O–H groups in total. The molecule has 0 fully saturated rings. The molecule has 0 aliphatic carbocycles. The maximum atomic E-state index is 12.0. The lowest BCUT2D eigenvalue weighted by Crippen LogP contribution is -2.39. The fourth-order valence-corrected chi connectivity index (χ4v) is 3.03. The first-order valence-electron chi connectivity index (χ1n) is 10.0. The Kier molecular flexibility index (Phi) is 10.6. The Morgan fingerprint density at radius 2 is 1.68 bits per heavy atom. The Morgan fingerprint density at radius 1 is 0.935 bits per heavy atom. The summed E-state index contributed by atoms with van der Waals surface area (Å²) >= 11 is 0. The normalized spacial score (nSPS) is 10.8. The number of amides is 1. The number of aliphatic imine (C=N–C) groups is 1. The van der Waals surface area contributed by atoms with Crippen LogP contribution in [-0.2, 0) is 24.4 Å². The fourth-order valence-electron chi connectivity index (χ4n) is 3.03. The maximum Gasteiger partial charge on any atom is 0.222 e. The Morgan fingerprint density at radius 3 is 2.39 bits per heavy atom. The number of rotatable bonds is 9. The van der Waals surface area contributed by atoms with Crippen molar-refractivity contribution in [2.45, 2.75) is 26.1 Å². The van der Waals surface area contributed by atoms with E-state index in [1.807, 2.05) is 59.4 Å². The third kappa shape index (κ3) is 8.41. The number of carbonyl (C=O) groups excluding carboxylic acids is 1. The monoisotopic (exact) mass is 532 g/mol. The van der Waals surface area contributed by atoms with Gasteiger partial charge in [-0.2, -0.15) is 5.10 Å². The molecule has 0 atom stereocenters. The van der Waals surface area contributed by atoms with Crippen LogP contribution in [-0.4, -0.2) is 35.2 Å². The number of aromatic nitrogens is 2. The van der Waals surface area contributed by atoms with E-state index in [9.17, 15) is 4.79 Å². The Labute approximate surface area is 200 Å². The van der Waals surface area contributed by atoms with Gasteiger partial charge in [0.15, 0.2) is 5.96 Å². The highest BCUT2D eigenvalue weighted by molar-refractivity contribution is 14.0. The molecule has 7 nitrogen and oxygen atoms in total. The van der Waals surface area contributed by atoms with Crippen LogP contribution in [0.1, 0.15) is 23.1 Å². The van der Waals surface area contributed by atoms with Crippen molar-refractivity contribution in [2.24, 2.45) is 4.99 Å². The molecular formula is C23H29IN6O. The van der Waals surface area contributed by atoms with Crippen LogP contribution in [0.3, 0.4) is 0 Å². The van der Waals surface area contributed by atoms with Crippen molar-refractivity contribution in [3.05, 3.63) is 89.7 Å². The molecule has 0 bridgehead atoms. The molecule has 164 valence electrons. The number of benzene rings is 2. The molecule has 31 heavy (non-hydrogen) atoms. The van der Waals surface area contributed by atoms with Gasteiger partial charge < -0.3 is 16.0 Å². The average molecular weight is 532 g/mol. The molecule has 0 spiro atoms. The zero-order valence-corrected chi connectivity index (χ0v) is 20.0. The zero-order chi connectivity index (χ0) is 21.0. The van der Waals surface area contributed by atoms with Gasteiger partial charge in [-0.05, 0) is 22.8 Å². The number of hydrogen-bond donors (Lipinski definition) is 3. The number of carbonyl (C=O) groups is 1. The van der Waals surface area contributed by atoms with E-state index in [2.05, 4.69) is 38.2 Å². The summed E-state index contributed by atoms with van der Waals surface area (Å²) < 4.78 is 1.90. The van der Waals surface area contributed by atoms with Crippen molar-refractivity contribution in [1.29, 1.82) is 0 Å². The summed E-state index contributed by atoms with van der Waals surface area (Å²) in [6.45, 7) is 2.41. The van der Waals surface area contributed by atoms with Crippen LogP contribution < -0.4 is 16.0 Å². The highest BCUT2D eigenvalue weighted by atomic mass is 127. The third-order valence-electron chi connectivity index (χ3n) is 4.66. The largest absolute Gasteiger partial charge is 0.356 e. The van der Waals surface area contributed by atoms with Gasteiger partial charge in [0.2, 0.25) is 5.91 Å². The van der Waals surface area contributed by atoms with Crippen molar-refractivity contribution < 1.29 is 4.79 Å². The molecule has 0 saturated heterocycles. The van der Waals surface area contributed by atoms with Crippen molar-refractivity contribution in [2.75, 3.05) is 13.6 Å². The molecule has 0 saturated carbocycles. The van der Waals surface area contributed by atoms with Gasteiger partial charge >= 0.3 is 0 Å². The minimum atomic E-state index is 0. The number of guanidine groups is 1. The van der Waals surface area contributed by atoms with E-state index in [4.69, 9.17) is 0 Å². The van der Waals surface area contributed by atoms with Gasteiger partial charge in [-0.1, -0.05) is 54.6 Å². The summed E-state index contributed by atoms with van der Waals surface area (Å²) in [6, 6.07) is 20.1. The van der Waals surface area contributed by atoms with E-state index >= 15 is 0 Å². The van der Waals surface area contributed by atoms with Crippen molar-refractivity contribution >= 4 is 35.8 Å². The van der Waals surface area contributed by atoms with Gasteiger partial charge in [-0.25, -0.2) is 0 Å². The molecule has 0 aliphatic heterocycles. The standard InChI is InChI=1S/C23H28N6O.HI/c1-24-23(25-14-12-22(30)26-16-19-8-3-2-4-9-19)27-17-20-10-5-6-11-21(20)18-29-15-7-13-28-29;/h2-11,13,15H,12,14,16-18H2,1H3,(H,26,30)(H2,24,25,27);1H. The maximum absolute atomic E-state index is 12.0. The minimum Gasteiger partial charge on any atom is -0.356 e. The van der Waals surface area contributed by atoms with Crippen molar-refractivity contribution in [3.8, 4) is 0 Å². The molecule has 3 aromatic rings. The van der Waals surface area contributed by atoms with Gasteiger partial charge in [0.25, 0.3) is 0 Å². The van der Waals surface area contributed by atoms with Gasteiger partial charge in [0, 0.05) is 45.5 Å². The van der Waals surface area contributed by atoms with Crippen molar-refractivity contribution in [3.63, 3.8) is 0 Å². The lowest BCUT2D eigenvalue weighted by Gasteiger charge is -2.14. The Hall–Kier alpha value is -2.88. The zero-order valence-electron chi connectivity index (χ0n) is 17.6. The van der Waals surface area contributed by atoms with Crippen molar-refractivity contribution in [1.82, 2.24) is 25.7 Å². The van der Waals surface area contributed by atoms with E-state index in [0.29, 0.717) is 32.0 Å². The number of nitrogens with one attached hydrogen (secondary N) is 3. The molecule has 3 rings (SSSR count). The Bertz CT molecular complexity index is 944. The molecular weight excluding hydrogens is 503 g/mol. The summed E-state index contributed by atoms with van der Waals surface area (Å²) in [7, 11) is 1.72. The average Bonchev–Trinajstić information content (AvgIpc) is 3.29. The van der Waals surface area contributed by atoms with Crippen LogP contribution in [0.5, 0.6) is 0 Å². The van der Waals surface area contributed by atoms with Crippen LogP contribution in [0.25, 0.3) is 0 Å². The van der Waals surface area contributed by atoms with Crippen LogP contribution in [0.2, 0.25) is 0 Å². The van der Waals surface area contributed by atoms with E-state index in [0.717, 1.165) is 12.1 Å². The predicted molar refractivity (Wildman–Crippen MR) is 134 cm³/mol. The predicted octanol–water partition coefficient (Wildman–Crippen LogP) is 2.92. The van der Waals surface area contributed by atoms with Crippen LogP contribution in [0, 0.1) is 0 Å². The SMILES string of the molecule is CN=C(NCCC(=O)NCc1ccccc1)NCc1ccccc1Cn1cccn1.I. The lowest BCUT2D eigenvalue weighted by molar-refractivity contribution is -0.121. The second-order valence-corrected chi connectivity index (χ2v) is 6.84. The topological polar surface area (TPSA) is 83.3 Å². The molecule has 1 aromatic heterocycles. The number of hydrogen-bond acceptors (Lipinski definition) is 3. The van der Waals surface area contributed by atoms with E-state index in [1.165, 1.54) is 11.1 Å². The minimum absolute atomic E-state index is 0. The summed E-state index contributed by atoms with van der Waals surface area (Å²) in [5.41, 5.74) is 3.46. The van der Waals surface area contributed by atoms with E-state index < -0.39 is 0 Å². The molecule has 2 aromatic carbocycles. The van der Waals surface area contributed by atoms with Crippen LogP contribution in [0.4, 0.5) is 0 Å². The molecule has 1 heterocycles. The summed E-state index contributed by atoms with van der Waals surface area (Å²) in [6.07, 6.45) is 4.11. The summed E-state index contributed by atoms with van der Waals surface area (Å²) in [5, 5.41) is 13.7. The quantitative estimate of drug-likeness (QED) is 0.225. The molecule has 0 radical (unpaired) electrons. The smallest absolute Gasteiger partial charge is 0.222 e. The fraction of sp³-hybridized carbons (Fsp3) is 0.261. The first kappa shape index (κ1) is 24.4. The lowest BCUT2D eigenvalue weighted by atomic mass is 10.1. The summed E-state index contributed by atoms with van der Waals surface area (Å²) in [5.74, 6) is 0.672. The number of halogens is 1. The van der Waals surface area contributed by atoms with Gasteiger partial charge in [0.1, 0.15) is 0 Å². The van der Waals surface area contributed by atoms with Gasteiger partial charge in [-0.3, -0.25) is 14.5 Å². The van der Waals surface area contributed by atoms with Crippen LogP contribution >= 0.6 is 24.0 Å². The first-order chi connectivity index (χ1) is 14.7. The molecule has 8 heteroatoms. The number of nitrogens with zero attached hydrogens (tertiary/aromatic N) is 3. The Balaban J connectivity index is 0.00000341. The highest BCUT2D eigenvalue weighted by Gasteiger charge is 2.06. The molecule has 0 unspecified atom stereocenters. The second kappa shape index (κ2) is 13.4. The second-order valence-electron chi connectivity index (χ2n) is 6.84. The molecule has 1 amide bonds. The first-order valence-corrected chi connectivity index (χ1v) is 10.0. The molecule has 0 aliphatic rings.